The summed E-state index contributed by atoms with van der Waals surface area (Å²) in [6.07, 6.45) is 4.52. The number of nitrogens with zero attached hydrogens (tertiary/aromatic N) is 2. The minimum atomic E-state index is 0.175. The van der Waals surface area contributed by atoms with E-state index >= 15 is 0 Å². The standard InChI is InChI=1S/C18H27N3O2S/c1-14-7-8-16(24-14)5-2-6-17(22)20-10-3-4-15(13-20)21-11-9-19-12-18(21)23/h7-8,15,19H,2-6,9-13H2,1H3. The van der Waals surface area contributed by atoms with E-state index < -0.39 is 0 Å². The van der Waals surface area contributed by atoms with Crippen molar-refractivity contribution in [2.75, 3.05) is 32.7 Å². The first-order valence-electron chi connectivity index (χ1n) is 8.97. The molecule has 132 valence electrons. The third kappa shape index (κ3) is 4.36. The maximum absolute atomic E-state index is 12.5. The summed E-state index contributed by atoms with van der Waals surface area (Å²) in [5.74, 6) is 0.421. The Morgan fingerprint density at radius 3 is 3.00 bits per heavy atom. The molecular formula is C18H27N3O2S. The van der Waals surface area contributed by atoms with E-state index in [9.17, 15) is 9.59 Å². The van der Waals surface area contributed by atoms with Crippen molar-refractivity contribution < 1.29 is 9.59 Å². The quantitative estimate of drug-likeness (QED) is 0.882. The number of hydrogen-bond acceptors (Lipinski definition) is 4. The lowest BCUT2D eigenvalue weighted by atomic mass is 10.0. The van der Waals surface area contributed by atoms with Gasteiger partial charge in [-0.3, -0.25) is 9.59 Å². The zero-order chi connectivity index (χ0) is 16.9. The first kappa shape index (κ1) is 17.4. The van der Waals surface area contributed by atoms with Gasteiger partial charge in [0.1, 0.15) is 0 Å². The third-order valence-corrected chi connectivity index (χ3v) is 5.99. The molecule has 2 saturated heterocycles. The van der Waals surface area contributed by atoms with Crippen LogP contribution < -0.4 is 5.32 Å². The highest BCUT2D eigenvalue weighted by atomic mass is 32.1. The van der Waals surface area contributed by atoms with Gasteiger partial charge in [-0.15, -0.1) is 11.3 Å². The molecule has 3 heterocycles. The van der Waals surface area contributed by atoms with Crippen LogP contribution in [-0.2, 0) is 16.0 Å². The van der Waals surface area contributed by atoms with Crippen LogP contribution in [-0.4, -0.2) is 60.4 Å². The summed E-state index contributed by atoms with van der Waals surface area (Å²) in [4.78, 5) is 31.2. The van der Waals surface area contributed by atoms with Crippen LogP contribution in [0.3, 0.4) is 0 Å². The van der Waals surface area contributed by atoms with E-state index in [1.807, 2.05) is 21.1 Å². The highest BCUT2D eigenvalue weighted by molar-refractivity contribution is 7.11. The number of nitrogens with one attached hydrogen (secondary N) is 1. The van der Waals surface area contributed by atoms with Crippen LogP contribution in [0.15, 0.2) is 12.1 Å². The number of carbonyl (C=O) groups excluding carboxylic acids is 2. The highest BCUT2D eigenvalue weighted by Crippen LogP contribution is 2.20. The molecule has 5 nitrogen and oxygen atoms in total. The Hall–Kier alpha value is -1.40. The Balaban J connectivity index is 1.46. The van der Waals surface area contributed by atoms with Gasteiger partial charge < -0.3 is 15.1 Å². The van der Waals surface area contributed by atoms with E-state index in [1.165, 1.54) is 9.75 Å². The van der Waals surface area contributed by atoms with Gasteiger partial charge in [0.15, 0.2) is 0 Å². The second kappa shape index (κ2) is 8.12. The number of hydrogen-bond donors (Lipinski definition) is 1. The number of carbonyl (C=O) groups is 2. The molecule has 0 saturated carbocycles. The predicted molar refractivity (Wildman–Crippen MR) is 96.2 cm³/mol. The van der Waals surface area contributed by atoms with E-state index in [2.05, 4.69) is 24.4 Å². The lowest BCUT2D eigenvalue weighted by Gasteiger charge is -2.41. The van der Waals surface area contributed by atoms with Gasteiger partial charge in [0, 0.05) is 48.4 Å². The molecule has 0 radical (unpaired) electrons. The second-order valence-corrected chi connectivity index (χ2v) is 8.14. The molecule has 0 aliphatic carbocycles. The fourth-order valence-electron chi connectivity index (χ4n) is 3.63. The van der Waals surface area contributed by atoms with Gasteiger partial charge in [-0.2, -0.15) is 0 Å². The molecule has 1 aromatic rings. The van der Waals surface area contributed by atoms with Crippen LogP contribution in [0.5, 0.6) is 0 Å². The summed E-state index contributed by atoms with van der Waals surface area (Å²) in [7, 11) is 0. The van der Waals surface area contributed by atoms with Crippen LogP contribution >= 0.6 is 11.3 Å². The normalized spacial score (nSPS) is 22.0. The monoisotopic (exact) mass is 349 g/mol. The third-order valence-electron chi connectivity index (χ3n) is 4.93. The largest absolute Gasteiger partial charge is 0.341 e. The zero-order valence-electron chi connectivity index (χ0n) is 14.4. The molecule has 2 amide bonds. The van der Waals surface area contributed by atoms with Crippen molar-refractivity contribution in [2.24, 2.45) is 0 Å². The number of rotatable bonds is 5. The van der Waals surface area contributed by atoms with Gasteiger partial charge in [0.25, 0.3) is 0 Å². The molecule has 1 unspecified atom stereocenters. The summed E-state index contributed by atoms with van der Waals surface area (Å²) in [6.45, 7) is 5.73. The van der Waals surface area contributed by atoms with Gasteiger partial charge in [0.2, 0.25) is 11.8 Å². The fraction of sp³-hybridized carbons (Fsp3) is 0.667. The van der Waals surface area contributed by atoms with Crippen molar-refractivity contribution in [1.29, 1.82) is 0 Å². The molecule has 1 N–H and O–H groups in total. The first-order valence-corrected chi connectivity index (χ1v) is 9.78. The van der Waals surface area contributed by atoms with Gasteiger partial charge in [0.05, 0.1) is 6.54 Å². The average molecular weight is 350 g/mol. The number of piperidine rings is 1. The van der Waals surface area contributed by atoms with Crippen molar-refractivity contribution in [3.05, 3.63) is 21.9 Å². The molecule has 0 spiro atoms. The zero-order valence-corrected chi connectivity index (χ0v) is 15.2. The molecule has 2 aliphatic heterocycles. The lowest BCUT2D eigenvalue weighted by Crippen LogP contribution is -2.57. The molecule has 1 atom stereocenters. The summed E-state index contributed by atoms with van der Waals surface area (Å²) >= 11 is 1.82. The number of amides is 2. The number of likely N-dealkylation sites (tertiary alicyclic amines) is 1. The number of piperazine rings is 1. The maximum Gasteiger partial charge on any atom is 0.236 e. The smallest absolute Gasteiger partial charge is 0.236 e. The lowest BCUT2D eigenvalue weighted by molar-refractivity contribution is -0.140. The maximum atomic E-state index is 12.5. The van der Waals surface area contributed by atoms with Gasteiger partial charge in [-0.25, -0.2) is 0 Å². The molecule has 2 aliphatic rings. The van der Waals surface area contributed by atoms with Crippen LogP contribution in [0.2, 0.25) is 0 Å². The van der Waals surface area contributed by atoms with Gasteiger partial charge in [-0.1, -0.05) is 0 Å². The fourth-order valence-corrected chi connectivity index (χ4v) is 4.57. The molecule has 6 heteroatoms. The highest BCUT2D eigenvalue weighted by Gasteiger charge is 2.31. The molecule has 1 aromatic heterocycles. The van der Waals surface area contributed by atoms with E-state index in [0.29, 0.717) is 19.5 Å². The predicted octanol–water partition coefficient (Wildman–Crippen LogP) is 1.80. The van der Waals surface area contributed by atoms with Gasteiger partial charge >= 0.3 is 0 Å². The number of aryl methyl sites for hydroxylation is 2. The van der Waals surface area contributed by atoms with Crippen molar-refractivity contribution in [1.82, 2.24) is 15.1 Å². The molecule has 24 heavy (non-hydrogen) atoms. The summed E-state index contributed by atoms with van der Waals surface area (Å²) in [5.41, 5.74) is 0. The van der Waals surface area contributed by atoms with Crippen molar-refractivity contribution in [3.63, 3.8) is 0 Å². The van der Waals surface area contributed by atoms with E-state index in [1.54, 1.807) is 0 Å². The van der Waals surface area contributed by atoms with E-state index in [0.717, 1.165) is 45.3 Å². The van der Waals surface area contributed by atoms with Crippen LogP contribution in [0.1, 0.15) is 35.4 Å². The van der Waals surface area contributed by atoms with Crippen LogP contribution in [0.4, 0.5) is 0 Å². The second-order valence-electron chi connectivity index (χ2n) is 6.77. The molecular weight excluding hydrogens is 322 g/mol. The molecule has 2 fully saturated rings. The Bertz CT molecular complexity index is 587. The van der Waals surface area contributed by atoms with Crippen molar-refractivity contribution in [3.8, 4) is 0 Å². The summed E-state index contributed by atoms with van der Waals surface area (Å²) < 4.78 is 0. The Morgan fingerprint density at radius 2 is 2.25 bits per heavy atom. The SMILES string of the molecule is Cc1ccc(CCCC(=O)N2CCCC(N3CCNCC3=O)C2)s1. The molecule has 3 rings (SSSR count). The van der Waals surface area contributed by atoms with Crippen LogP contribution in [0.25, 0.3) is 0 Å². The van der Waals surface area contributed by atoms with Crippen LogP contribution in [0, 0.1) is 6.92 Å². The van der Waals surface area contributed by atoms with E-state index in [4.69, 9.17) is 0 Å². The first-order chi connectivity index (χ1) is 11.6. The minimum Gasteiger partial charge on any atom is -0.341 e. The number of thiophene rings is 1. The van der Waals surface area contributed by atoms with E-state index in [-0.39, 0.29) is 17.9 Å². The topological polar surface area (TPSA) is 52.7 Å². The Morgan fingerprint density at radius 1 is 1.38 bits per heavy atom. The average Bonchev–Trinajstić information content (AvgIpc) is 3.00. The summed E-state index contributed by atoms with van der Waals surface area (Å²) in [5, 5.41) is 3.11. The van der Waals surface area contributed by atoms with Crippen molar-refractivity contribution >= 4 is 23.2 Å². The molecule has 0 bridgehead atoms. The Kier molecular flexibility index (Phi) is 5.89. The Labute approximate surface area is 148 Å². The van der Waals surface area contributed by atoms with Crippen molar-refractivity contribution in [2.45, 2.75) is 45.1 Å². The van der Waals surface area contributed by atoms with Gasteiger partial charge in [-0.05, 0) is 44.7 Å². The summed E-state index contributed by atoms with van der Waals surface area (Å²) in [6, 6.07) is 4.51. The minimum absolute atomic E-state index is 0.175. The molecule has 0 aromatic carbocycles.